The second-order valence-corrected chi connectivity index (χ2v) is 9.51. The molecule has 0 spiro atoms. The maximum Gasteiger partial charge on any atom is 0.241 e. The standard InChI is InChI=1S/C17H22N2O4S2/c1-13(2)12-17(14-6-4-3-5-7-14)19-25(22,23)16-10-8-15(9-11-16)24(18,20)21/h3-11,13,17,19H,12H2,1-2H3,(H2,18,20,21)/t17-/m1/s1. The van der Waals surface area contributed by atoms with Crippen LogP contribution in [0.15, 0.2) is 64.4 Å². The fourth-order valence-corrected chi connectivity index (χ4v) is 4.23. The lowest BCUT2D eigenvalue weighted by molar-refractivity contribution is 0.472. The van der Waals surface area contributed by atoms with E-state index in [4.69, 9.17) is 5.14 Å². The van der Waals surface area contributed by atoms with Gasteiger partial charge in [0.05, 0.1) is 9.79 Å². The molecule has 0 saturated carbocycles. The number of nitrogens with two attached hydrogens (primary N) is 1. The molecule has 0 aromatic heterocycles. The zero-order valence-corrected chi connectivity index (χ0v) is 15.7. The molecule has 0 aliphatic heterocycles. The number of sulfonamides is 2. The molecule has 0 radical (unpaired) electrons. The monoisotopic (exact) mass is 382 g/mol. The van der Waals surface area contributed by atoms with Gasteiger partial charge in [0.1, 0.15) is 0 Å². The normalized spacial score (nSPS) is 13.8. The molecule has 2 rings (SSSR count). The molecule has 0 heterocycles. The van der Waals surface area contributed by atoms with Crippen LogP contribution in [-0.2, 0) is 20.0 Å². The number of primary sulfonamides is 1. The summed E-state index contributed by atoms with van der Waals surface area (Å²) in [4.78, 5) is -0.141. The van der Waals surface area contributed by atoms with Gasteiger partial charge in [0, 0.05) is 6.04 Å². The van der Waals surface area contributed by atoms with Crippen molar-refractivity contribution < 1.29 is 16.8 Å². The Bertz CT molecular complexity index is 907. The maximum absolute atomic E-state index is 12.7. The summed E-state index contributed by atoms with van der Waals surface area (Å²) in [5.41, 5.74) is 0.876. The van der Waals surface area contributed by atoms with Crippen LogP contribution in [0.4, 0.5) is 0 Å². The van der Waals surface area contributed by atoms with E-state index >= 15 is 0 Å². The second-order valence-electron chi connectivity index (χ2n) is 6.23. The van der Waals surface area contributed by atoms with E-state index in [-0.39, 0.29) is 21.8 Å². The Labute approximate surface area is 149 Å². The number of hydrogen-bond acceptors (Lipinski definition) is 4. The van der Waals surface area contributed by atoms with E-state index in [2.05, 4.69) is 4.72 Å². The number of nitrogens with one attached hydrogen (secondary N) is 1. The molecule has 0 aliphatic rings. The first-order valence-corrected chi connectivity index (χ1v) is 10.8. The van der Waals surface area contributed by atoms with Crippen LogP contribution in [-0.4, -0.2) is 16.8 Å². The van der Waals surface area contributed by atoms with E-state index in [1.165, 1.54) is 24.3 Å². The first-order chi connectivity index (χ1) is 11.6. The van der Waals surface area contributed by atoms with Crippen molar-refractivity contribution in [3.8, 4) is 0 Å². The molecular weight excluding hydrogens is 360 g/mol. The summed E-state index contributed by atoms with van der Waals surface area (Å²) in [6.45, 7) is 4.04. The maximum atomic E-state index is 12.7. The largest absolute Gasteiger partial charge is 0.241 e. The fraction of sp³-hybridized carbons (Fsp3) is 0.294. The molecule has 0 saturated heterocycles. The molecule has 0 amide bonds. The van der Waals surface area contributed by atoms with E-state index in [0.717, 1.165) is 5.56 Å². The van der Waals surface area contributed by atoms with Crippen LogP contribution in [0.2, 0.25) is 0 Å². The van der Waals surface area contributed by atoms with Gasteiger partial charge in [0.15, 0.2) is 0 Å². The van der Waals surface area contributed by atoms with E-state index in [9.17, 15) is 16.8 Å². The molecule has 1 atom stereocenters. The zero-order chi connectivity index (χ0) is 18.7. The Morgan fingerprint density at radius 1 is 0.880 bits per heavy atom. The Morgan fingerprint density at radius 2 is 1.40 bits per heavy atom. The minimum atomic E-state index is -3.86. The minimum absolute atomic E-state index is 0.00964. The highest BCUT2D eigenvalue weighted by molar-refractivity contribution is 7.89. The number of rotatable bonds is 7. The SMILES string of the molecule is CC(C)C[C@@H](NS(=O)(=O)c1ccc(S(N)(=O)=O)cc1)c1ccccc1. The summed E-state index contributed by atoms with van der Waals surface area (Å²) in [5, 5.41) is 5.03. The lowest BCUT2D eigenvalue weighted by Crippen LogP contribution is -2.29. The van der Waals surface area contributed by atoms with Gasteiger partial charge in [-0.25, -0.2) is 26.7 Å². The second kappa shape index (κ2) is 7.65. The summed E-state index contributed by atoms with van der Waals surface area (Å²) in [6, 6.07) is 13.8. The zero-order valence-electron chi connectivity index (χ0n) is 14.1. The van der Waals surface area contributed by atoms with Crippen molar-refractivity contribution in [3.63, 3.8) is 0 Å². The predicted octanol–water partition coefficient (Wildman–Crippen LogP) is 2.40. The first-order valence-electron chi connectivity index (χ1n) is 7.80. The van der Waals surface area contributed by atoms with Crippen molar-refractivity contribution in [1.82, 2.24) is 4.72 Å². The van der Waals surface area contributed by atoms with E-state index in [1.807, 2.05) is 44.2 Å². The minimum Gasteiger partial charge on any atom is -0.225 e. The average Bonchev–Trinajstić information content (AvgIpc) is 2.54. The van der Waals surface area contributed by atoms with Gasteiger partial charge in [-0.3, -0.25) is 0 Å². The van der Waals surface area contributed by atoms with Crippen molar-refractivity contribution in [3.05, 3.63) is 60.2 Å². The summed E-state index contributed by atoms with van der Waals surface area (Å²) in [5.74, 6) is 0.290. The van der Waals surface area contributed by atoms with Gasteiger partial charge in [-0.15, -0.1) is 0 Å². The van der Waals surface area contributed by atoms with Crippen molar-refractivity contribution in [1.29, 1.82) is 0 Å². The van der Waals surface area contributed by atoms with E-state index < -0.39 is 20.0 Å². The Kier molecular flexibility index (Phi) is 5.99. The Hall–Kier alpha value is -1.74. The van der Waals surface area contributed by atoms with Gasteiger partial charge < -0.3 is 0 Å². The van der Waals surface area contributed by atoms with Gasteiger partial charge in [-0.2, -0.15) is 0 Å². The highest BCUT2D eigenvalue weighted by Crippen LogP contribution is 2.24. The lowest BCUT2D eigenvalue weighted by atomic mass is 9.98. The van der Waals surface area contributed by atoms with Gasteiger partial charge in [-0.1, -0.05) is 44.2 Å². The van der Waals surface area contributed by atoms with Crippen LogP contribution >= 0.6 is 0 Å². The summed E-state index contributed by atoms with van der Waals surface area (Å²) < 4.78 is 50.6. The Morgan fingerprint density at radius 3 is 1.88 bits per heavy atom. The molecule has 136 valence electrons. The van der Waals surface area contributed by atoms with Gasteiger partial charge in [0.2, 0.25) is 20.0 Å². The third-order valence-corrected chi connectivity index (χ3v) is 6.09. The molecule has 3 N–H and O–H groups in total. The van der Waals surface area contributed by atoms with Crippen molar-refractivity contribution in [2.24, 2.45) is 11.1 Å². The third kappa shape index (κ3) is 5.37. The molecule has 2 aromatic rings. The fourth-order valence-electron chi connectivity index (χ4n) is 2.47. The van der Waals surface area contributed by atoms with Crippen LogP contribution in [0, 0.1) is 5.92 Å². The molecule has 2 aromatic carbocycles. The van der Waals surface area contributed by atoms with Crippen molar-refractivity contribution in [2.45, 2.75) is 36.1 Å². The van der Waals surface area contributed by atoms with Gasteiger partial charge >= 0.3 is 0 Å². The molecular formula is C17H22N2O4S2. The molecule has 0 bridgehead atoms. The number of benzene rings is 2. The summed E-state index contributed by atoms with van der Waals surface area (Å²) in [7, 11) is -7.66. The van der Waals surface area contributed by atoms with Gasteiger partial charge in [0.25, 0.3) is 0 Å². The van der Waals surface area contributed by atoms with E-state index in [0.29, 0.717) is 6.42 Å². The smallest absolute Gasteiger partial charge is 0.225 e. The van der Waals surface area contributed by atoms with Crippen LogP contribution in [0.5, 0.6) is 0 Å². The molecule has 6 nitrogen and oxygen atoms in total. The topological polar surface area (TPSA) is 106 Å². The first kappa shape index (κ1) is 19.6. The third-order valence-electron chi connectivity index (χ3n) is 3.67. The summed E-state index contributed by atoms with van der Waals surface area (Å²) >= 11 is 0. The van der Waals surface area contributed by atoms with Crippen LogP contribution in [0.25, 0.3) is 0 Å². The van der Waals surface area contributed by atoms with E-state index in [1.54, 1.807) is 0 Å². The molecule has 0 aliphatic carbocycles. The Balaban J connectivity index is 2.31. The molecule has 0 unspecified atom stereocenters. The molecule has 0 fully saturated rings. The van der Waals surface area contributed by atoms with Crippen LogP contribution < -0.4 is 9.86 Å². The van der Waals surface area contributed by atoms with Crippen LogP contribution in [0.3, 0.4) is 0 Å². The average molecular weight is 383 g/mol. The molecule has 25 heavy (non-hydrogen) atoms. The quantitative estimate of drug-likeness (QED) is 0.767. The predicted molar refractivity (Wildman–Crippen MR) is 96.8 cm³/mol. The number of hydrogen-bond donors (Lipinski definition) is 2. The lowest BCUT2D eigenvalue weighted by Gasteiger charge is -2.21. The van der Waals surface area contributed by atoms with Gasteiger partial charge in [-0.05, 0) is 42.2 Å². The van der Waals surface area contributed by atoms with Crippen LogP contribution in [0.1, 0.15) is 31.9 Å². The highest BCUT2D eigenvalue weighted by Gasteiger charge is 2.22. The highest BCUT2D eigenvalue weighted by atomic mass is 32.2. The summed E-state index contributed by atoms with van der Waals surface area (Å²) in [6.07, 6.45) is 0.637. The van der Waals surface area contributed by atoms with Crippen molar-refractivity contribution >= 4 is 20.0 Å². The molecule has 8 heteroatoms. The van der Waals surface area contributed by atoms with Crippen molar-refractivity contribution in [2.75, 3.05) is 0 Å².